The Hall–Kier alpha value is -1.12. The molecular weight excluding hydrogens is 350 g/mol. The first-order chi connectivity index (χ1) is 11.3. The van der Waals surface area contributed by atoms with E-state index in [0.717, 1.165) is 12.8 Å². The molecular formula is C16H23NO5S2. The van der Waals surface area contributed by atoms with E-state index in [1.807, 2.05) is 0 Å². The molecule has 2 fully saturated rings. The fraction of sp³-hybridized carbons (Fsp3) is 0.625. The van der Waals surface area contributed by atoms with Gasteiger partial charge in [0.05, 0.1) is 22.5 Å². The molecule has 8 heteroatoms. The molecule has 1 aliphatic carbocycles. The number of rotatable bonds is 5. The zero-order chi connectivity index (χ0) is 17.4. The lowest BCUT2D eigenvalue weighted by molar-refractivity contribution is 0.210. The third-order valence-electron chi connectivity index (χ3n) is 4.60. The summed E-state index contributed by atoms with van der Waals surface area (Å²) in [6.07, 6.45) is 4.96. The lowest BCUT2D eigenvalue weighted by Gasteiger charge is -2.16. The standard InChI is InChI=1S/C16H23NO5S2/c1-12-10-15(22-14-4-2-3-5-14)6-7-16(12)24(20,21)17-13-8-9-23(18,19)11-13/h6-7,10,13-14,17H,2-5,8-9,11H2,1H3. The van der Waals surface area contributed by atoms with Crippen LogP contribution in [-0.4, -0.2) is 40.5 Å². The fourth-order valence-electron chi connectivity index (χ4n) is 3.37. The number of sulfone groups is 1. The predicted molar refractivity (Wildman–Crippen MR) is 91.4 cm³/mol. The Morgan fingerprint density at radius 1 is 1.17 bits per heavy atom. The minimum absolute atomic E-state index is 0.0351. The second-order valence-corrected chi connectivity index (χ2v) is 10.6. The summed E-state index contributed by atoms with van der Waals surface area (Å²) in [7, 11) is -6.87. The van der Waals surface area contributed by atoms with Crippen molar-refractivity contribution in [2.75, 3.05) is 11.5 Å². The number of nitrogens with one attached hydrogen (secondary N) is 1. The molecule has 24 heavy (non-hydrogen) atoms. The third kappa shape index (κ3) is 4.10. The van der Waals surface area contributed by atoms with Crippen molar-refractivity contribution in [1.82, 2.24) is 4.72 Å². The molecule has 1 aromatic carbocycles. The van der Waals surface area contributed by atoms with Crippen LogP contribution in [-0.2, 0) is 19.9 Å². The minimum atomic E-state index is -3.74. The molecule has 1 heterocycles. The molecule has 1 unspecified atom stereocenters. The summed E-state index contributed by atoms with van der Waals surface area (Å²) in [6, 6.07) is 4.39. The summed E-state index contributed by atoms with van der Waals surface area (Å²) < 4.78 is 56.4. The minimum Gasteiger partial charge on any atom is -0.490 e. The molecule has 0 amide bonds. The Morgan fingerprint density at radius 3 is 2.46 bits per heavy atom. The van der Waals surface area contributed by atoms with Crippen molar-refractivity contribution >= 4 is 19.9 Å². The van der Waals surface area contributed by atoms with Gasteiger partial charge in [-0.1, -0.05) is 0 Å². The maximum Gasteiger partial charge on any atom is 0.241 e. The predicted octanol–water partition coefficient (Wildman–Crippen LogP) is 1.78. The van der Waals surface area contributed by atoms with E-state index in [1.165, 1.54) is 18.9 Å². The van der Waals surface area contributed by atoms with Crippen LogP contribution in [0.4, 0.5) is 0 Å². The molecule has 3 rings (SSSR count). The van der Waals surface area contributed by atoms with Gasteiger partial charge in [0.15, 0.2) is 9.84 Å². The van der Waals surface area contributed by atoms with Crippen LogP contribution in [0.2, 0.25) is 0 Å². The number of benzene rings is 1. The highest BCUT2D eigenvalue weighted by atomic mass is 32.2. The molecule has 1 saturated heterocycles. The lowest BCUT2D eigenvalue weighted by Crippen LogP contribution is -2.35. The van der Waals surface area contributed by atoms with E-state index < -0.39 is 25.9 Å². The number of aryl methyl sites for hydroxylation is 1. The molecule has 134 valence electrons. The van der Waals surface area contributed by atoms with Gasteiger partial charge < -0.3 is 4.74 Å². The van der Waals surface area contributed by atoms with E-state index in [0.29, 0.717) is 17.7 Å². The van der Waals surface area contributed by atoms with E-state index in [9.17, 15) is 16.8 Å². The van der Waals surface area contributed by atoms with Crippen LogP contribution in [0.25, 0.3) is 0 Å². The van der Waals surface area contributed by atoms with Crippen molar-refractivity contribution in [3.63, 3.8) is 0 Å². The zero-order valence-electron chi connectivity index (χ0n) is 13.7. The van der Waals surface area contributed by atoms with Gasteiger partial charge in [0.1, 0.15) is 5.75 Å². The van der Waals surface area contributed by atoms with Crippen molar-refractivity contribution in [2.24, 2.45) is 0 Å². The van der Waals surface area contributed by atoms with Gasteiger partial charge in [-0.15, -0.1) is 0 Å². The number of sulfonamides is 1. The molecule has 1 aliphatic heterocycles. The summed E-state index contributed by atoms with van der Waals surface area (Å²) in [5.74, 6) is 0.586. The third-order valence-corrected chi connectivity index (χ3v) is 8.04. The van der Waals surface area contributed by atoms with E-state index in [-0.39, 0.29) is 22.5 Å². The van der Waals surface area contributed by atoms with Crippen LogP contribution in [0.15, 0.2) is 23.1 Å². The molecule has 0 aromatic heterocycles. The highest BCUT2D eigenvalue weighted by Gasteiger charge is 2.32. The Bertz CT molecular complexity index is 811. The highest BCUT2D eigenvalue weighted by Crippen LogP contribution is 2.27. The Kier molecular flexibility index (Phi) is 4.90. The molecule has 0 radical (unpaired) electrons. The smallest absolute Gasteiger partial charge is 0.241 e. The normalized spacial score (nSPS) is 24.3. The van der Waals surface area contributed by atoms with Gasteiger partial charge in [-0.25, -0.2) is 21.6 Å². The van der Waals surface area contributed by atoms with Gasteiger partial charge in [0.2, 0.25) is 10.0 Å². The fourth-order valence-corrected chi connectivity index (χ4v) is 6.64. The van der Waals surface area contributed by atoms with Crippen LogP contribution in [0.5, 0.6) is 5.75 Å². The number of hydrogen-bond donors (Lipinski definition) is 1. The number of hydrogen-bond acceptors (Lipinski definition) is 5. The molecule has 2 aliphatic rings. The van der Waals surface area contributed by atoms with Crippen molar-refractivity contribution in [3.8, 4) is 5.75 Å². The first kappa shape index (κ1) is 17.7. The average Bonchev–Trinajstić information content (AvgIpc) is 3.08. The largest absolute Gasteiger partial charge is 0.490 e. The van der Waals surface area contributed by atoms with Crippen LogP contribution < -0.4 is 9.46 Å². The molecule has 1 saturated carbocycles. The van der Waals surface area contributed by atoms with Gasteiger partial charge in [0.25, 0.3) is 0 Å². The molecule has 1 atom stereocenters. The van der Waals surface area contributed by atoms with E-state index in [1.54, 1.807) is 19.1 Å². The second-order valence-electron chi connectivity index (χ2n) is 6.67. The second kappa shape index (κ2) is 6.65. The summed E-state index contributed by atoms with van der Waals surface area (Å²) >= 11 is 0. The van der Waals surface area contributed by atoms with Crippen molar-refractivity contribution in [3.05, 3.63) is 23.8 Å². The Labute approximate surface area is 143 Å². The Balaban J connectivity index is 1.73. The SMILES string of the molecule is Cc1cc(OC2CCCC2)ccc1S(=O)(=O)NC1CCS(=O)(=O)C1. The van der Waals surface area contributed by atoms with Crippen LogP contribution >= 0.6 is 0 Å². The number of ether oxygens (including phenoxy) is 1. The molecule has 1 N–H and O–H groups in total. The van der Waals surface area contributed by atoms with Crippen molar-refractivity contribution in [2.45, 2.75) is 56.1 Å². The van der Waals surface area contributed by atoms with Gasteiger partial charge in [-0.05, 0) is 62.8 Å². The van der Waals surface area contributed by atoms with Crippen LogP contribution in [0.1, 0.15) is 37.7 Å². The summed E-state index contributed by atoms with van der Waals surface area (Å²) in [6.45, 7) is 1.72. The average molecular weight is 373 g/mol. The van der Waals surface area contributed by atoms with Crippen molar-refractivity contribution in [1.29, 1.82) is 0 Å². The van der Waals surface area contributed by atoms with Gasteiger partial charge in [-0.3, -0.25) is 0 Å². The van der Waals surface area contributed by atoms with Gasteiger partial charge in [0, 0.05) is 6.04 Å². The van der Waals surface area contributed by atoms with E-state index in [2.05, 4.69) is 4.72 Å². The van der Waals surface area contributed by atoms with Crippen molar-refractivity contribution < 1.29 is 21.6 Å². The zero-order valence-corrected chi connectivity index (χ0v) is 15.3. The molecule has 0 spiro atoms. The lowest BCUT2D eigenvalue weighted by atomic mass is 10.2. The van der Waals surface area contributed by atoms with Gasteiger partial charge >= 0.3 is 0 Å². The maximum atomic E-state index is 12.5. The molecule has 1 aromatic rings. The van der Waals surface area contributed by atoms with Gasteiger partial charge in [-0.2, -0.15) is 0 Å². The first-order valence-electron chi connectivity index (χ1n) is 8.25. The van der Waals surface area contributed by atoms with Crippen LogP contribution in [0.3, 0.4) is 0 Å². The molecule has 0 bridgehead atoms. The molecule has 6 nitrogen and oxygen atoms in total. The van der Waals surface area contributed by atoms with E-state index >= 15 is 0 Å². The monoisotopic (exact) mass is 373 g/mol. The summed E-state index contributed by atoms with van der Waals surface area (Å²) in [4.78, 5) is 0.172. The topological polar surface area (TPSA) is 89.5 Å². The summed E-state index contributed by atoms with van der Waals surface area (Å²) in [5.41, 5.74) is 0.596. The van der Waals surface area contributed by atoms with E-state index in [4.69, 9.17) is 4.74 Å². The highest BCUT2D eigenvalue weighted by molar-refractivity contribution is 7.92. The Morgan fingerprint density at radius 2 is 1.88 bits per heavy atom. The summed E-state index contributed by atoms with van der Waals surface area (Å²) in [5, 5.41) is 0. The maximum absolute atomic E-state index is 12.5. The quantitative estimate of drug-likeness (QED) is 0.850. The van der Waals surface area contributed by atoms with Crippen LogP contribution in [0, 0.1) is 6.92 Å². The first-order valence-corrected chi connectivity index (χ1v) is 11.6.